The highest BCUT2D eigenvalue weighted by molar-refractivity contribution is 7.91. The average molecular weight is 369 g/mol. The van der Waals surface area contributed by atoms with Crippen molar-refractivity contribution in [3.8, 4) is 0 Å². The van der Waals surface area contributed by atoms with E-state index in [9.17, 15) is 13.2 Å². The molecule has 0 unspecified atom stereocenters. The first kappa shape index (κ1) is 17.9. The molecule has 0 saturated carbocycles. The molecule has 0 aliphatic rings. The van der Waals surface area contributed by atoms with Crippen molar-refractivity contribution in [1.82, 2.24) is 9.78 Å². The maximum Gasteiger partial charge on any atom is 0.258 e. The Morgan fingerprint density at radius 1 is 1.04 bits per heavy atom. The number of carbonyl (C=O) groups excluding carboxylic acids is 1. The molecule has 1 aromatic heterocycles. The molecule has 0 saturated heterocycles. The summed E-state index contributed by atoms with van der Waals surface area (Å²) in [6, 6.07) is 17.6. The predicted octanol–water partition coefficient (Wildman–Crippen LogP) is 2.98. The average Bonchev–Trinajstić information content (AvgIpc) is 3.09. The van der Waals surface area contributed by atoms with E-state index in [0.717, 1.165) is 5.56 Å². The zero-order chi connectivity index (χ0) is 18.6. The summed E-state index contributed by atoms with van der Waals surface area (Å²) in [7, 11) is -3.49. The van der Waals surface area contributed by atoms with Gasteiger partial charge in [0, 0.05) is 6.07 Å². The Labute approximate surface area is 152 Å². The number of carbonyl (C=O) groups is 1. The van der Waals surface area contributed by atoms with Crippen LogP contribution in [0.4, 0.5) is 5.82 Å². The number of anilines is 1. The van der Waals surface area contributed by atoms with Gasteiger partial charge in [-0.15, -0.1) is 0 Å². The number of nitrogens with one attached hydrogen (secondary N) is 1. The van der Waals surface area contributed by atoms with Gasteiger partial charge in [-0.2, -0.15) is 5.10 Å². The summed E-state index contributed by atoms with van der Waals surface area (Å²) < 4.78 is 26.1. The summed E-state index contributed by atoms with van der Waals surface area (Å²) >= 11 is 0. The molecule has 0 aliphatic heterocycles. The number of sulfone groups is 1. The number of benzene rings is 2. The van der Waals surface area contributed by atoms with Crippen molar-refractivity contribution in [1.29, 1.82) is 0 Å². The van der Waals surface area contributed by atoms with Crippen molar-refractivity contribution < 1.29 is 13.2 Å². The SMILES string of the molecule is CCS(=O)(=O)c1ccccc1C(=O)Nc1ccnn1Cc1ccccc1. The molecule has 26 heavy (non-hydrogen) atoms. The number of rotatable bonds is 6. The van der Waals surface area contributed by atoms with Gasteiger partial charge in [-0.25, -0.2) is 13.1 Å². The molecule has 134 valence electrons. The summed E-state index contributed by atoms with van der Waals surface area (Å²) in [5.74, 6) is -0.0431. The van der Waals surface area contributed by atoms with Crippen LogP contribution in [-0.2, 0) is 16.4 Å². The van der Waals surface area contributed by atoms with Crippen molar-refractivity contribution in [3.63, 3.8) is 0 Å². The lowest BCUT2D eigenvalue weighted by Gasteiger charge is -2.11. The fourth-order valence-electron chi connectivity index (χ4n) is 2.59. The zero-order valence-electron chi connectivity index (χ0n) is 14.3. The first-order valence-electron chi connectivity index (χ1n) is 8.20. The Morgan fingerprint density at radius 2 is 1.73 bits per heavy atom. The summed E-state index contributed by atoms with van der Waals surface area (Å²) in [6.07, 6.45) is 1.59. The van der Waals surface area contributed by atoms with Crippen LogP contribution in [0.1, 0.15) is 22.8 Å². The predicted molar refractivity (Wildman–Crippen MR) is 99.9 cm³/mol. The van der Waals surface area contributed by atoms with E-state index in [-0.39, 0.29) is 16.2 Å². The fraction of sp³-hybridized carbons (Fsp3) is 0.158. The molecule has 0 atom stereocenters. The quantitative estimate of drug-likeness (QED) is 0.724. The van der Waals surface area contributed by atoms with Gasteiger partial charge in [0.05, 0.1) is 29.0 Å². The van der Waals surface area contributed by atoms with E-state index in [0.29, 0.717) is 12.4 Å². The molecular formula is C19H19N3O3S. The molecule has 0 fully saturated rings. The van der Waals surface area contributed by atoms with Crippen LogP contribution in [0.3, 0.4) is 0 Å². The minimum absolute atomic E-state index is 0.0362. The van der Waals surface area contributed by atoms with Gasteiger partial charge >= 0.3 is 0 Å². The van der Waals surface area contributed by atoms with E-state index in [4.69, 9.17) is 0 Å². The van der Waals surface area contributed by atoms with E-state index < -0.39 is 15.7 Å². The Bertz CT molecular complexity index is 1010. The molecule has 2 aromatic carbocycles. The first-order valence-corrected chi connectivity index (χ1v) is 9.85. The van der Waals surface area contributed by atoms with Crippen molar-refractivity contribution in [2.75, 3.05) is 11.1 Å². The van der Waals surface area contributed by atoms with Gasteiger partial charge in [0.25, 0.3) is 5.91 Å². The van der Waals surface area contributed by atoms with Gasteiger partial charge in [0.1, 0.15) is 5.82 Å². The van der Waals surface area contributed by atoms with Crippen LogP contribution >= 0.6 is 0 Å². The Hall–Kier alpha value is -2.93. The van der Waals surface area contributed by atoms with E-state index >= 15 is 0 Å². The molecule has 1 amide bonds. The second-order valence-corrected chi connectivity index (χ2v) is 7.96. The number of nitrogens with zero attached hydrogens (tertiary/aromatic N) is 2. The summed E-state index contributed by atoms with van der Waals surface area (Å²) in [6.45, 7) is 2.05. The Kier molecular flexibility index (Phi) is 5.18. The van der Waals surface area contributed by atoms with Gasteiger partial charge in [0.2, 0.25) is 0 Å². The van der Waals surface area contributed by atoms with Crippen LogP contribution in [0.5, 0.6) is 0 Å². The lowest BCUT2D eigenvalue weighted by atomic mass is 10.2. The lowest BCUT2D eigenvalue weighted by Crippen LogP contribution is -2.19. The molecule has 1 heterocycles. The van der Waals surface area contributed by atoms with Crippen LogP contribution < -0.4 is 5.32 Å². The van der Waals surface area contributed by atoms with Gasteiger partial charge in [-0.1, -0.05) is 49.4 Å². The smallest absolute Gasteiger partial charge is 0.258 e. The molecule has 3 aromatic rings. The monoisotopic (exact) mass is 369 g/mol. The number of amides is 1. The zero-order valence-corrected chi connectivity index (χ0v) is 15.1. The number of hydrogen-bond donors (Lipinski definition) is 1. The highest BCUT2D eigenvalue weighted by atomic mass is 32.2. The van der Waals surface area contributed by atoms with Gasteiger partial charge in [0.15, 0.2) is 9.84 Å². The number of aromatic nitrogens is 2. The van der Waals surface area contributed by atoms with E-state index in [2.05, 4.69) is 10.4 Å². The van der Waals surface area contributed by atoms with E-state index in [1.807, 2.05) is 30.3 Å². The second-order valence-electron chi connectivity index (χ2n) is 5.71. The maximum absolute atomic E-state index is 12.7. The molecule has 0 spiro atoms. The maximum atomic E-state index is 12.7. The van der Waals surface area contributed by atoms with Crippen molar-refractivity contribution in [2.24, 2.45) is 0 Å². The van der Waals surface area contributed by atoms with Crippen molar-refractivity contribution >= 4 is 21.6 Å². The van der Waals surface area contributed by atoms with E-state index in [1.54, 1.807) is 36.0 Å². The molecule has 7 heteroatoms. The Balaban J connectivity index is 1.86. The molecule has 0 bridgehead atoms. The molecule has 0 radical (unpaired) electrons. The van der Waals surface area contributed by atoms with Crippen molar-refractivity contribution in [3.05, 3.63) is 78.0 Å². The standard InChI is InChI=1S/C19H19N3O3S/c1-2-26(24,25)17-11-7-6-10-16(17)19(23)21-18-12-13-20-22(18)14-15-8-4-3-5-9-15/h3-13H,2,14H2,1H3,(H,21,23). The lowest BCUT2D eigenvalue weighted by molar-refractivity contribution is 0.102. The van der Waals surface area contributed by atoms with Crippen LogP contribution in [0.2, 0.25) is 0 Å². The minimum atomic E-state index is -3.49. The minimum Gasteiger partial charge on any atom is -0.307 e. The van der Waals surface area contributed by atoms with Crippen LogP contribution in [0.15, 0.2) is 71.8 Å². The molecule has 6 nitrogen and oxygen atoms in total. The molecule has 1 N–H and O–H groups in total. The normalized spacial score (nSPS) is 11.3. The topological polar surface area (TPSA) is 81.1 Å². The van der Waals surface area contributed by atoms with Gasteiger partial charge in [-0.3, -0.25) is 4.79 Å². The summed E-state index contributed by atoms with van der Waals surface area (Å²) in [4.78, 5) is 12.7. The fourth-order valence-corrected chi connectivity index (χ4v) is 3.68. The summed E-state index contributed by atoms with van der Waals surface area (Å²) in [5, 5.41) is 6.99. The highest BCUT2D eigenvalue weighted by Gasteiger charge is 2.21. The third kappa shape index (κ3) is 3.83. The number of hydrogen-bond acceptors (Lipinski definition) is 4. The van der Waals surface area contributed by atoms with Crippen molar-refractivity contribution in [2.45, 2.75) is 18.4 Å². The molecule has 0 aliphatic carbocycles. The van der Waals surface area contributed by atoms with Crippen LogP contribution in [0.25, 0.3) is 0 Å². The molecule has 3 rings (SSSR count). The Morgan fingerprint density at radius 3 is 2.46 bits per heavy atom. The largest absolute Gasteiger partial charge is 0.307 e. The second kappa shape index (κ2) is 7.53. The third-order valence-corrected chi connectivity index (χ3v) is 5.77. The summed E-state index contributed by atoms with van der Waals surface area (Å²) in [5.41, 5.74) is 1.17. The van der Waals surface area contributed by atoms with Gasteiger partial charge in [-0.05, 0) is 17.7 Å². The van der Waals surface area contributed by atoms with Crippen LogP contribution in [-0.4, -0.2) is 29.9 Å². The third-order valence-electron chi connectivity index (χ3n) is 3.98. The first-order chi connectivity index (χ1) is 12.5. The van der Waals surface area contributed by atoms with Gasteiger partial charge < -0.3 is 5.32 Å². The molecular weight excluding hydrogens is 350 g/mol. The van der Waals surface area contributed by atoms with Crippen LogP contribution in [0, 0.1) is 0 Å². The van der Waals surface area contributed by atoms with E-state index in [1.165, 1.54) is 12.1 Å². The highest BCUT2D eigenvalue weighted by Crippen LogP contribution is 2.19.